The van der Waals surface area contributed by atoms with Crippen molar-refractivity contribution in [2.75, 3.05) is 19.6 Å². The predicted octanol–water partition coefficient (Wildman–Crippen LogP) is 4.17. The van der Waals surface area contributed by atoms with Crippen molar-refractivity contribution >= 4 is 46.2 Å². The van der Waals surface area contributed by atoms with E-state index in [1.165, 1.54) is 0 Å². The van der Waals surface area contributed by atoms with Crippen molar-refractivity contribution in [2.24, 2.45) is 0 Å². The number of benzene rings is 1. The van der Waals surface area contributed by atoms with Gasteiger partial charge in [0.15, 0.2) is 0 Å². The Labute approximate surface area is 152 Å². The van der Waals surface area contributed by atoms with Gasteiger partial charge in [0.2, 0.25) is 5.91 Å². The first-order valence-electron chi connectivity index (χ1n) is 8.15. The number of carbonyl (C=O) groups is 2. The van der Waals surface area contributed by atoms with Crippen molar-refractivity contribution < 1.29 is 9.59 Å². The molecule has 0 aromatic heterocycles. The van der Waals surface area contributed by atoms with E-state index in [2.05, 4.69) is 0 Å². The van der Waals surface area contributed by atoms with Crippen molar-refractivity contribution in [1.82, 2.24) is 9.80 Å². The Bertz CT molecular complexity index is 640. The number of amides is 2. The molecule has 128 valence electrons. The van der Waals surface area contributed by atoms with Gasteiger partial charge in [0, 0.05) is 26.1 Å². The van der Waals surface area contributed by atoms with Crippen LogP contribution in [0.2, 0.25) is 0 Å². The molecule has 0 spiro atoms. The van der Waals surface area contributed by atoms with Gasteiger partial charge in [0.05, 0.1) is 4.91 Å². The van der Waals surface area contributed by atoms with Crippen LogP contribution in [0.3, 0.4) is 0 Å². The molecule has 6 heteroatoms. The standard InChI is InChI=1S/C18H22N2O2S2/c1-3-19(4-2)16(21)11-8-12-20-17(23)15(24-18(20)22)13-14-9-6-5-7-10-14/h5-7,9-10,13H,3-4,8,11-12H2,1-2H3/b15-13+. The average Bonchev–Trinajstić information content (AvgIpc) is 2.84. The summed E-state index contributed by atoms with van der Waals surface area (Å²) in [6, 6.07) is 9.81. The van der Waals surface area contributed by atoms with Gasteiger partial charge in [-0.2, -0.15) is 0 Å². The highest BCUT2D eigenvalue weighted by atomic mass is 32.2. The Balaban J connectivity index is 1.93. The van der Waals surface area contributed by atoms with Gasteiger partial charge >= 0.3 is 0 Å². The fourth-order valence-corrected chi connectivity index (χ4v) is 3.81. The lowest BCUT2D eigenvalue weighted by molar-refractivity contribution is -0.130. The molecule has 0 saturated carbocycles. The molecule has 4 nitrogen and oxygen atoms in total. The number of rotatable bonds is 7. The van der Waals surface area contributed by atoms with E-state index in [0.29, 0.717) is 24.4 Å². The fourth-order valence-electron chi connectivity index (χ4n) is 2.52. The van der Waals surface area contributed by atoms with E-state index < -0.39 is 0 Å². The van der Waals surface area contributed by atoms with Crippen LogP contribution < -0.4 is 0 Å². The SMILES string of the molecule is CCN(CC)C(=O)CCCN1C(=O)S/C(=C/c2ccccc2)C1=S. The van der Waals surface area contributed by atoms with Crippen LogP contribution in [-0.2, 0) is 4.79 Å². The summed E-state index contributed by atoms with van der Waals surface area (Å²) in [5.41, 5.74) is 1.02. The van der Waals surface area contributed by atoms with Gasteiger partial charge in [-0.25, -0.2) is 0 Å². The molecule has 0 radical (unpaired) electrons. The molecule has 0 unspecified atom stereocenters. The minimum atomic E-state index is -0.0579. The summed E-state index contributed by atoms with van der Waals surface area (Å²) in [6.07, 6.45) is 3.00. The predicted molar refractivity (Wildman–Crippen MR) is 104 cm³/mol. The van der Waals surface area contributed by atoms with E-state index in [0.717, 1.165) is 35.3 Å². The number of hydrogen-bond acceptors (Lipinski definition) is 4. The van der Waals surface area contributed by atoms with E-state index in [1.807, 2.05) is 50.3 Å². The smallest absolute Gasteiger partial charge is 0.291 e. The second-order valence-corrected chi connectivity index (χ2v) is 6.79. The number of thiocarbonyl (C=S) groups is 1. The molecule has 1 aromatic rings. The number of hydrogen-bond donors (Lipinski definition) is 0. The largest absolute Gasteiger partial charge is 0.343 e. The van der Waals surface area contributed by atoms with E-state index >= 15 is 0 Å². The third kappa shape index (κ3) is 4.68. The Morgan fingerprint density at radius 2 is 1.92 bits per heavy atom. The molecule has 1 aromatic carbocycles. The highest BCUT2D eigenvalue weighted by Gasteiger charge is 2.31. The van der Waals surface area contributed by atoms with Crippen LogP contribution in [0.15, 0.2) is 35.2 Å². The number of nitrogens with zero attached hydrogens (tertiary/aromatic N) is 2. The van der Waals surface area contributed by atoms with Gasteiger partial charge in [-0.05, 0) is 43.7 Å². The summed E-state index contributed by atoms with van der Waals surface area (Å²) in [7, 11) is 0. The minimum Gasteiger partial charge on any atom is -0.343 e. The van der Waals surface area contributed by atoms with Crippen LogP contribution in [0.25, 0.3) is 6.08 Å². The van der Waals surface area contributed by atoms with Crippen LogP contribution in [0, 0.1) is 0 Å². The molecule has 1 fully saturated rings. The average molecular weight is 363 g/mol. The molecule has 2 amide bonds. The molecule has 1 saturated heterocycles. The number of carbonyl (C=O) groups excluding carboxylic acids is 2. The monoisotopic (exact) mass is 362 g/mol. The summed E-state index contributed by atoms with van der Waals surface area (Å²) < 4.78 is 0. The zero-order valence-electron chi connectivity index (χ0n) is 14.0. The zero-order valence-corrected chi connectivity index (χ0v) is 15.7. The first-order valence-corrected chi connectivity index (χ1v) is 9.37. The normalized spacial score (nSPS) is 16.1. The molecule has 0 N–H and O–H groups in total. The first kappa shape index (κ1) is 18.7. The molecular formula is C18H22N2O2S2. The third-order valence-electron chi connectivity index (χ3n) is 3.86. The Hall–Kier alpha value is -1.66. The zero-order chi connectivity index (χ0) is 17.5. The van der Waals surface area contributed by atoms with E-state index in [-0.39, 0.29) is 11.1 Å². The summed E-state index contributed by atoms with van der Waals surface area (Å²) >= 11 is 6.60. The van der Waals surface area contributed by atoms with Crippen LogP contribution in [0.4, 0.5) is 4.79 Å². The van der Waals surface area contributed by atoms with Crippen molar-refractivity contribution in [3.05, 3.63) is 40.8 Å². The second-order valence-electron chi connectivity index (χ2n) is 5.41. The molecule has 1 heterocycles. The van der Waals surface area contributed by atoms with Crippen LogP contribution in [0.1, 0.15) is 32.3 Å². The lowest BCUT2D eigenvalue weighted by Crippen LogP contribution is -2.32. The maximum absolute atomic E-state index is 12.2. The fraction of sp³-hybridized carbons (Fsp3) is 0.389. The lowest BCUT2D eigenvalue weighted by atomic mass is 10.2. The summed E-state index contributed by atoms with van der Waals surface area (Å²) in [4.78, 5) is 29.0. The Morgan fingerprint density at radius 3 is 2.54 bits per heavy atom. The summed E-state index contributed by atoms with van der Waals surface area (Å²) in [5, 5.41) is -0.0579. The van der Waals surface area contributed by atoms with Gasteiger partial charge in [0.25, 0.3) is 5.24 Å². The molecule has 24 heavy (non-hydrogen) atoms. The molecule has 0 bridgehead atoms. The Kier molecular flexibility index (Phi) is 6.99. The molecular weight excluding hydrogens is 340 g/mol. The molecule has 1 aliphatic rings. The first-order chi connectivity index (χ1) is 11.6. The van der Waals surface area contributed by atoms with Gasteiger partial charge < -0.3 is 4.90 Å². The highest BCUT2D eigenvalue weighted by Crippen LogP contribution is 2.33. The maximum atomic E-state index is 12.2. The van der Waals surface area contributed by atoms with E-state index in [4.69, 9.17) is 12.2 Å². The van der Waals surface area contributed by atoms with Gasteiger partial charge in [-0.1, -0.05) is 42.5 Å². The van der Waals surface area contributed by atoms with Crippen molar-refractivity contribution in [3.8, 4) is 0 Å². The Morgan fingerprint density at radius 1 is 1.25 bits per heavy atom. The van der Waals surface area contributed by atoms with Crippen LogP contribution in [0.5, 0.6) is 0 Å². The van der Waals surface area contributed by atoms with Crippen molar-refractivity contribution in [1.29, 1.82) is 0 Å². The molecule has 0 atom stereocenters. The minimum absolute atomic E-state index is 0.0579. The van der Waals surface area contributed by atoms with Gasteiger partial charge in [-0.15, -0.1) is 0 Å². The van der Waals surface area contributed by atoms with Crippen LogP contribution >= 0.6 is 24.0 Å². The van der Waals surface area contributed by atoms with Crippen molar-refractivity contribution in [3.63, 3.8) is 0 Å². The molecule has 0 aliphatic carbocycles. The third-order valence-corrected chi connectivity index (χ3v) is 5.36. The number of thioether (sulfide) groups is 1. The van der Waals surface area contributed by atoms with E-state index in [1.54, 1.807) is 9.80 Å². The second kappa shape index (κ2) is 8.99. The summed E-state index contributed by atoms with van der Waals surface area (Å²) in [5.74, 6) is 0.130. The molecule has 2 rings (SSSR count). The highest BCUT2D eigenvalue weighted by molar-refractivity contribution is 8.19. The quantitative estimate of drug-likeness (QED) is 0.539. The molecule has 1 aliphatic heterocycles. The van der Waals surface area contributed by atoms with Gasteiger partial charge in [0.1, 0.15) is 4.99 Å². The topological polar surface area (TPSA) is 40.6 Å². The van der Waals surface area contributed by atoms with Gasteiger partial charge in [-0.3, -0.25) is 14.5 Å². The van der Waals surface area contributed by atoms with Crippen LogP contribution in [-0.4, -0.2) is 45.6 Å². The van der Waals surface area contributed by atoms with E-state index in [9.17, 15) is 9.59 Å². The maximum Gasteiger partial charge on any atom is 0.291 e. The van der Waals surface area contributed by atoms with Crippen molar-refractivity contribution in [2.45, 2.75) is 26.7 Å². The lowest BCUT2D eigenvalue weighted by Gasteiger charge is -2.19. The summed E-state index contributed by atoms with van der Waals surface area (Å²) in [6.45, 7) is 5.87.